The van der Waals surface area contributed by atoms with Crippen molar-refractivity contribution < 1.29 is 18.8 Å². The Labute approximate surface area is 241 Å². The highest BCUT2D eigenvalue weighted by Gasteiger charge is 2.42. The zero-order valence-electron chi connectivity index (χ0n) is 22.7. The van der Waals surface area contributed by atoms with E-state index in [1.54, 1.807) is 59.5 Å². The molecule has 3 aliphatic rings. The van der Waals surface area contributed by atoms with Crippen LogP contribution in [-0.2, 0) is 9.59 Å². The van der Waals surface area contributed by atoms with Crippen molar-refractivity contribution in [2.45, 2.75) is 44.3 Å². The van der Waals surface area contributed by atoms with Crippen LogP contribution in [0.5, 0.6) is 0 Å². The molecule has 3 aromatic rings. The molecule has 1 unspecified atom stereocenters. The Morgan fingerprint density at radius 3 is 2.29 bits per heavy atom. The highest BCUT2D eigenvalue weighted by Crippen LogP contribution is 2.39. The summed E-state index contributed by atoms with van der Waals surface area (Å²) in [4.78, 5) is 44.2. The SMILES string of the molecule is O=C(Nc1cccc(C2N=NN=N2)c1)NC1C(=O)N(CCC2CCCC2)c2ccccc2N(c2ccccc2F)C1=O. The predicted octanol–water partition coefficient (Wildman–Crippen LogP) is 6.44. The van der Waals surface area contributed by atoms with Crippen LogP contribution in [0.15, 0.2) is 93.5 Å². The van der Waals surface area contributed by atoms with Crippen LogP contribution < -0.4 is 20.4 Å². The third-order valence-corrected chi connectivity index (χ3v) is 7.80. The van der Waals surface area contributed by atoms with Gasteiger partial charge in [0, 0.05) is 17.8 Å². The fraction of sp³-hybridized carbons (Fsp3) is 0.300. The number of urea groups is 1. The average Bonchev–Trinajstić information content (AvgIpc) is 3.72. The summed E-state index contributed by atoms with van der Waals surface area (Å²) in [7, 11) is 0. The van der Waals surface area contributed by atoms with Crippen molar-refractivity contribution in [3.05, 3.63) is 84.2 Å². The van der Waals surface area contributed by atoms with E-state index in [0.717, 1.165) is 32.1 Å². The van der Waals surface area contributed by atoms with Gasteiger partial charge in [-0.05, 0) is 59.2 Å². The number of anilines is 4. The monoisotopic (exact) mass is 568 g/mol. The molecule has 0 spiro atoms. The zero-order chi connectivity index (χ0) is 29.1. The Bertz CT molecular complexity index is 1560. The van der Waals surface area contributed by atoms with Gasteiger partial charge in [0.05, 0.1) is 17.1 Å². The van der Waals surface area contributed by atoms with E-state index in [2.05, 4.69) is 31.3 Å². The third kappa shape index (κ3) is 5.47. The number of amides is 4. The smallest absolute Gasteiger partial charge is 0.318 e. The molecule has 3 aromatic carbocycles. The van der Waals surface area contributed by atoms with Crippen molar-refractivity contribution in [1.82, 2.24) is 5.32 Å². The number of hydrogen-bond donors (Lipinski definition) is 2. The molecule has 1 fully saturated rings. The quantitative estimate of drug-likeness (QED) is 0.318. The van der Waals surface area contributed by atoms with E-state index in [4.69, 9.17) is 0 Å². The van der Waals surface area contributed by atoms with Gasteiger partial charge in [-0.15, -0.1) is 10.2 Å². The van der Waals surface area contributed by atoms with E-state index in [1.165, 1.54) is 23.1 Å². The van der Waals surface area contributed by atoms with Crippen molar-refractivity contribution in [2.24, 2.45) is 26.6 Å². The van der Waals surface area contributed by atoms with E-state index in [0.29, 0.717) is 35.1 Å². The van der Waals surface area contributed by atoms with E-state index < -0.39 is 35.9 Å². The summed E-state index contributed by atoms with van der Waals surface area (Å²) < 4.78 is 15.1. The molecule has 6 rings (SSSR count). The van der Waals surface area contributed by atoms with Gasteiger partial charge in [-0.3, -0.25) is 14.5 Å². The summed E-state index contributed by atoms with van der Waals surface area (Å²) in [6.07, 6.45) is 4.66. The molecule has 12 heteroatoms. The van der Waals surface area contributed by atoms with Gasteiger partial charge in [0.2, 0.25) is 6.17 Å². The maximum atomic E-state index is 15.1. The van der Waals surface area contributed by atoms with Crippen LogP contribution in [0.25, 0.3) is 0 Å². The Kier molecular flexibility index (Phi) is 7.67. The minimum atomic E-state index is -1.61. The number of nitrogens with zero attached hydrogens (tertiary/aromatic N) is 6. The van der Waals surface area contributed by atoms with Gasteiger partial charge in [-0.2, -0.15) is 0 Å². The summed E-state index contributed by atoms with van der Waals surface area (Å²) in [5, 5.41) is 20.1. The first-order valence-electron chi connectivity index (χ1n) is 14.0. The van der Waals surface area contributed by atoms with E-state index in [-0.39, 0.29) is 5.69 Å². The second kappa shape index (κ2) is 11.9. The molecule has 1 aliphatic carbocycles. The topological polar surface area (TPSA) is 131 Å². The Morgan fingerprint density at radius 1 is 0.857 bits per heavy atom. The van der Waals surface area contributed by atoms with Crippen molar-refractivity contribution in [2.75, 3.05) is 21.7 Å². The molecule has 42 heavy (non-hydrogen) atoms. The lowest BCUT2D eigenvalue weighted by Crippen LogP contribution is -2.56. The minimum absolute atomic E-state index is 0.0137. The van der Waals surface area contributed by atoms with Crippen LogP contribution in [-0.4, -0.2) is 30.4 Å². The van der Waals surface area contributed by atoms with Crippen molar-refractivity contribution in [3.8, 4) is 0 Å². The molecule has 11 nitrogen and oxygen atoms in total. The molecule has 0 aromatic heterocycles. The molecule has 2 aliphatic heterocycles. The average molecular weight is 569 g/mol. The normalized spacial score (nSPS) is 18.8. The number of hydrogen-bond acceptors (Lipinski definition) is 7. The lowest BCUT2D eigenvalue weighted by molar-refractivity contribution is -0.128. The second-order valence-electron chi connectivity index (χ2n) is 10.5. The number of fused-ring (bicyclic) bond motifs is 1. The van der Waals surface area contributed by atoms with Crippen LogP contribution in [0.1, 0.15) is 43.8 Å². The lowest BCUT2D eigenvalue weighted by atomic mass is 10.0. The first-order chi connectivity index (χ1) is 20.5. The summed E-state index contributed by atoms with van der Waals surface area (Å²) in [6.45, 7) is 0.366. The van der Waals surface area contributed by atoms with Crippen LogP contribution in [0, 0.1) is 11.7 Å². The number of rotatable bonds is 7. The molecule has 4 amide bonds. The van der Waals surface area contributed by atoms with Gasteiger partial charge < -0.3 is 15.5 Å². The highest BCUT2D eigenvalue weighted by atomic mass is 19.1. The molecule has 2 heterocycles. The van der Waals surface area contributed by atoms with Crippen molar-refractivity contribution >= 4 is 40.6 Å². The number of nitrogens with one attached hydrogen (secondary N) is 2. The number of carbonyl (C=O) groups excluding carboxylic acids is 3. The largest absolute Gasteiger partial charge is 0.320 e. The first kappa shape index (κ1) is 27.2. The minimum Gasteiger partial charge on any atom is -0.318 e. The van der Waals surface area contributed by atoms with Crippen LogP contribution in [0.2, 0.25) is 0 Å². The fourth-order valence-corrected chi connectivity index (χ4v) is 5.73. The molecule has 1 saturated carbocycles. The van der Waals surface area contributed by atoms with Gasteiger partial charge in [0.15, 0.2) is 6.04 Å². The Hall–Kier alpha value is -5.00. The number of para-hydroxylation sites is 3. The van der Waals surface area contributed by atoms with E-state index in [1.807, 2.05) is 0 Å². The summed E-state index contributed by atoms with van der Waals surface area (Å²) in [6, 6.07) is 17.2. The number of benzene rings is 3. The molecule has 0 radical (unpaired) electrons. The van der Waals surface area contributed by atoms with Crippen LogP contribution in [0.3, 0.4) is 0 Å². The molecule has 1 atom stereocenters. The van der Waals surface area contributed by atoms with E-state index in [9.17, 15) is 14.4 Å². The standard InChI is InChI=1S/C30H29FN8O3/c31-22-12-3-4-13-23(22)39-25-15-6-5-14-24(25)38(17-16-19-8-1-2-9-19)28(40)26(29(39)41)33-30(42)32-21-11-7-10-20(18-21)27-34-36-37-35-27/h3-7,10-15,18-19,26-27H,1-2,8-9,16-17H2,(H2,32,33,42). The predicted molar refractivity (Wildman–Crippen MR) is 154 cm³/mol. The summed E-state index contributed by atoms with van der Waals surface area (Å²) >= 11 is 0. The van der Waals surface area contributed by atoms with Gasteiger partial charge in [0.1, 0.15) is 5.82 Å². The van der Waals surface area contributed by atoms with Gasteiger partial charge >= 0.3 is 6.03 Å². The van der Waals surface area contributed by atoms with Gasteiger partial charge in [0.25, 0.3) is 11.8 Å². The Balaban J connectivity index is 1.32. The number of halogens is 1. The molecular formula is C30H29FN8O3. The highest BCUT2D eigenvalue weighted by molar-refractivity contribution is 6.24. The van der Waals surface area contributed by atoms with E-state index >= 15 is 4.39 Å². The molecular weight excluding hydrogens is 539 g/mol. The third-order valence-electron chi connectivity index (χ3n) is 7.80. The summed E-state index contributed by atoms with van der Waals surface area (Å²) in [5.74, 6) is -1.50. The van der Waals surface area contributed by atoms with Crippen molar-refractivity contribution in [1.29, 1.82) is 0 Å². The Morgan fingerprint density at radius 2 is 1.55 bits per heavy atom. The van der Waals surface area contributed by atoms with Gasteiger partial charge in [-0.1, -0.05) is 62.1 Å². The molecule has 0 bridgehead atoms. The molecule has 214 valence electrons. The maximum Gasteiger partial charge on any atom is 0.320 e. The fourth-order valence-electron chi connectivity index (χ4n) is 5.73. The van der Waals surface area contributed by atoms with Crippen LogP contribution in [0.4, 0.5) is 31.9 Å². The molecule has 2 N–H and O–H groups in total. The molecule has 0 saturated heterocycles. The first-order valence-corrected chi connectivity index (χ1v) is 14.0. The maximum absolute atomic E-state index is 15.1. The van der Waals surface area contributed by atoms with Gasteiger partial charge in [-0.25, -0.2) is 9.18 Å². The number of carbonyl (C=O) groups is 3. The summed E-state index contributed by atoms with van der Waals surface area (Å²) in [5.41, 5.74) is 1.88. The lowest BCUT2D eigenvalue weighted by Gasteiger charge is -2.26. The van der Waals surface area contributed by atoms with Crippen molar-refractivity contribution in [3.63, 3.8) is 0 Å². The second-order valence-corrected chi connectivity index (χ2v) is 10.5. The zero-order valence-corrected chi connectivity index (χ0v) is 22.7. The van der Waals surface area contributed by atoms with Crippen LogP contribution >= 0.6 is 0 Å².